The van der Waals surface area contributed by atoms with Crippen molar-refractivity contribution in [2.75, 3.05) is 39.3 Å². The summed E-state index contributed by atoms with van der Waals surface area (Å²) in [6.07, 6.45) is 0. The van der Waals surface area contributed by atoms with E-state index in [0.717, 1.165) is 38.3 Å². The molecule has 1 saturated heterocycles. The summed E-state index contributed by atoms with van der Waals surface area (Å²) in [5.41, 5.74) is 1.52. The molecule has 1 unspecified atom stereocenters. The summed E-state index contributed by atoms with van der Waals surface area (Å²) in [5, 5.41) is 9.17. The first-order valence-corrected chi connectivity index (χ1v) is 9.06. The summed E-state index contributed by atoms with van der Waals surface area (Å²) in [6, 6.07) is 6.88. The number of piperazine rings is 1. The molecule has 2 amide bonds. The van der Waals surface area contributed by atoms with Crippen LogP contribution in [0.1, 0.15) is 29.8 Å². The van der Waals surface area contributed by atoms with E-state index in [1.807, 2.05) is 39.0 Å². The minimum absolute atomic E-state index is 0. The van der Waals surface area contributed by atoms with E-state index in [9.17, 15) is 9.59 Å². The normalized spacial score (nSPS) is 15.8. The number of carbonyl (C=O) groups is 2. The van der Waals surface area contributed by atoms with Crippen LogP contribution in [0.15, 0.2) is 24.3 Å². The van der Waals surface area contributed by atoms with Crippen LogP contribution < -0.4 is 16.0 Å². The molecule has 0 aromatic heterocycles. The zero-order chi connectivity index (χ0) is 18.2. The van der Waals surface area contributed by atoms with Crippen molar-refractivity contribution in [2.45, 2.75) is 26.8 Å². The molecule has 0 spiro atoms. The smallest absolute Gasteiger partial charge is 0.252 e. The number of amides is 2. The van der Waals surface area contributed by atoms with Crippen molar-refractivity contribution >= 4 is 24.2 Å². The van der Waals surface area contributed by atoms with Crippen LogP contribution in [0.25, 0.3) is 0 Å². The number of rotatable bonds is 7. The molecule has 26 heavy (non-hydrogen) atoms. The Hall–Kier alpha value is -1.63. The van der Waals surface area contributed by atoms with Gasteiger partial charge in [0.05, 0.1) is 0 Å². The maximum absolute atomic E-state index is 12.5. The molecule has 1 heterocycles. The van der Waals surface area contributed by atoms with Gasteiger partial charge in [0.1, 0.15) is 6.04 Å². The molecule has 2 rings (SSSR count). The van der Waals surface area contributed by atoms with Gasteiger partial charge < -0.3 is 16.0 Å². The Morgan fingerprint density at radius 2 is 1.85 bits per heavy atom. The molecule has 1 aromatic rings. The molecule has 1 fully saturated rings. The van der Waals surface area contributed by atoms with Crippen LogP contribution in [0.5, 0.6) is 0 Å². The molecule has 1 aromatic carbocycles. The molecule has 6 nitrogen and oxygen atoms in total. The first kappa shape index (κ1) is 22.4. The minimum Gasteiger partial charge on any atom is -0.353 e. The number of halogens is 1. The van der Waals surface area contributed by atoms with Crippen LogP contribution in [0, 0.1) is 12.8 Å². The van der Waals surface area contributed by atoms with Crippen molar-refractivity contribution in [1.29, 1.82) is 0 Å². The van der Waals surface area contributed by atoms with Gasteiger partial charge in [-0.1, -0.05) is 32.0 Å². The predicted molar refractivity (Wildman–Crippen MR) is 107 cm³/mol. The number of aryl methyl sites for hydroxylation is 1. The molecule has 0 radical (unpaired) electrons. The molecule has 3 N–H and O–H groups in total. The second kappa shape index (κ2) is 11.2. The quantitative estimate of drug-likeness (QED) is 0.662. The van der Waals surface area contributed by atoms with Gasteiger partial charge in [-0.15, -0.1) is 12.4 Å². The summed E-state index contributed by atoms with van der Waals surface area (Å²) in [4.78, 5) is 27.3. The lowest BCUT2D eigenvalue weighted by Gasteiger charge is -2.28. The highest BCUT2D eigenvalue weighted by atomic mass is 35.5. The number of hydrogen-bond donors (Lipinski definition) is 3. The zero-order valence-corrected chi connectivity index (χ0v) is 16.7. The van der Waals surface area contributed by atoms with Gasteiger partial charge in [-0.2, -0.15) is 0 Å². The number of nitrogens with zero attached hydrogens (tertiary/aromatic N) is 1. The Labute approximate surface area is 162 Å². The van der Waals surface area contributed by atoms with Gasteiger partial charge >= 0.3 is 0 Å². The molecule has 7 heteroatoms. The molecular weight excluding hydrogens is 352 g/mol. The molecule has 0 saturated carbocycles. The fraction of sp³-hybridized carbons (Fsp3) is 0.579. The second-order valence-corrected chi connectivity index (χ2v) is 6.89. The van der Waals surface area contributed by atoms with Gasteiger partial charge in [0, 0.05) is 44.8 Å². The largest absolute Gasteiger partial charge is 0.353 e. The average Bonchev–Trinajstić information content (AvgIpc) is 2.60. The molecule has 1 aliphatic heterocycles. The third-order valence-corrected chi connectivity index (χ3v) is 4.56. The van der Waals surface area contributed by atoms with Crippen LogP contribution >= 0.6 is 12.4 Å². The van der Waals surface area contributed by atoms with E-state index in [0.29, 0.717) is 12.1 Å². The highest BCUT2D eigenvalue weighted by Crippen LogP contribution is 2.09. The van der Waals surface area contributed by atoms with Crippen LogP contribution in [0.3, 0.4) is 0 Å². The van der Waals surface area contributed by atoms with E-state index >= 15 is 0 Å². The lowest BCUT2D eigenvalue weighted by atomic mass is 10.0. The van der Waals surface area contributed by atoms with Gasteiger partial charge in [-0.3, -0.25) is 14.5 Å². The van der Waals surface area contributed by atoms with Crippen molar-refractivity contribution in [1.82, 2.24) is 20.9 Å². The van der Waals surface area contributed by atoms with E-state index in [1.165, 1.54) is 0 Å². The summed E-state index contributed by atoms with van der Waals surface area (Å²) in [6.45, 7) is 11.2. The minimum atomic E-state index is -0.532. The maximum Gasteiger partial charge on any atom is 0.252 e. The first-order chi connectivity index (χ1) is 12.0. The molecular formula is C19H31ClN4O2. The molecule has 0 bridgehead atoms. The monoisotopic (exact) mass is 382 g/mol. The number of nitrogens with one attached hydrogen (secondary N) is 3. The van der Waals surface area contributed by atoms with E-state index in [4.69, 9.17) is 0 Å². The van der Waals surface area contributed by atoms with E-state index in [-0.39, 0.29) is 30.1 Å². The number of hydrogen-bond acceptors (Lipinski definition) is 4. The maximum atomic E-state index is 12.5. The summed E-state index contributed by atoms with van der Waals surface area (Å²) >= 11 is 0. The lowest BCUT2D eigenvalue weighted by molar-refractivity contribution is -0.124. The third-order valence-electron chi connectivity index (χ3n) is 4.56. The van der Waals surface area contributed by atoms with Crippen molar-refractivity contribution < 1.29 is 9.59 Å². The Balaban J connectivity index is 0.00000338. The third kappa shape index (κ3) is 6.59. The van der Waals surface area contributed by atoms with Crippen LogP contribution in [-0.4, -0.2) is 62.0 Å². The summed E-state index contributed by atoms with van der Waals surface area (Å²) in [7, 11) is 0. The lowest BCUT2D eigenvalue weighted by Crippen LogP contribution is -2.52. The predicted octanol–water partition coefficient (Wildman–Crippen LogP) is 1.19. The van der Waals surface area contributed by atoms with Gasteiger partial charge in [0.25, 0.3) is 5.91 Å². The molecule has 0 aliphatic carbocycles. The Kier molecular flexibility index (Phi) is 9.62. The van der Waals surface area contributed by atoms with E-state index < -0.39 is 6.04 Å². The SMILES string of the molecule is Cc1ccccc1C(=O)NC(C(=O)NCCN1CCNCC1)C(C)C.Cl. The van der Waals surface area contributed by atoms with E-state index in [2.05, 4.69) is 20.9 Å². The standard InChI is InChI=1S/C19H30N4O2.ClH/c1-14(2)17(22-18(24)16-7-5-4-6-15(16)3)19(25)21-10-13-23-11-8-20-9-12-23;/h4-7,14,17,20H,8-13H2,1-3H3,(H,21,25)(H,22,24);1H. The summed E-state index contributed by atoms with van der Waals surface area (Å²) < 4.78 is 0. The van der Waals surface area contributed by atoms with Gasteiger partial charge in [0.15, 0.2) is 0 Å². The average molecular weight is 383 g/mol. The van der Waals surface area contributed by atoms with Crippen molar-refractivity contribution in [3.8, 4) is 0 Å². The highest BCUT2D eigenvalue weighted by molar-refractivity contribution is 5.98. The van der Waals surface area contributed by atoms with Crippen molar-refractivity contribution in [3.05, 3.63) is 35.4 Å². The van der Waals surface area contributed by atoms with Crippen molar-refractivity contribution in [3.63, 3.8) is 0 Å². The first-order valence-electron chi connectivity index (χ1n) is 9.06. The zero-order valence-electron chi connectivity index (χ0n) is 15.9. The van der Waals surface area contributed by atoms with Crippen LogP contribution in [-0.2, 0) is 4.79 Å². The van der Waals surface area contributed by atoms with Crippen molar-refractivity contribution in [2.24, 2.45) is 5.92 Å². The highest BCUT2D eigenvalue weighted by Gasteiger charge is 2.25. The van der Waals surface area contributed by atoms with E-state index in [1.54, 1.807) is 6.07 Å². The Morgan fingerprint density at radius 1 is 1.19 bits per heavy atom. The molecule has 1 atom stereocenters. The second-order valence-electron chi connectivity index (χ2n) is 6.89. The van der Waals surface area contributed by atoms with Gasteiger partial charge in [-0.25, -0.2) is 0 Å². The summed E-state index contributed by atoms with van der Waals surface area (Å²) in [5.74, 6) is -0.298. The van der Waals surface area contributed by atoms with Gasteiger partial charge in [-0.05, 0) is 24.5 Å². The van der Waals surface area contributed by atoms with Crippen LogP contribution in [0.4, 0.5) is 0 Å². The molecule has 1 aliphatic rings. The number of carbonyl (C=O) groups excluding carboxylic acids is 2. The fourth-order valence-electron chi connectivity index (χ4n) is 2.96. The molecule has 146 valence electrons. The van der Waals surface area contributed by atoms with Crippen LogP contribution in [0.2, 0.25) is 0 Å². The topological polar surface area (TPSA) is 73.5 Å². The van der Waals surface area contributed by atoms with Gasteiger partial charge in [0.2, 0.25) is 5.91 Å². The Bertz CT molecular complexity index is 589. The number of benzene rings is 1. The Morgan fingerprint density at radius 3 is 2.46 bits per heavy atom. The fourth-order valence-corrected chi connectivity index (χ4v) is 2.96.